The van der Waals surface area contributed by atoms with Gasteiger partial charge in [0.25, 0.3) is 5.91 Å². The number of rotatable bonds is 5. The Kier molecular flexibility index (Phi) is 6.06. The SMILES string of the molecule is Nc1ccc(C(=O)N[C@H]2CCC[C@@H](Nc3ncc(Cl)c(-c4c[nH]c5ccccc45)n3)C2)cc1F. The minimum Gasteiger partial charge on any atom is -0.396 e. The molecular weight excluding hydrogens is 455 g/mol. The van der Waals surface area contributed by atoms with Crippen LogP contribution in [0.4, 0.5) is 16.0 Å². The second-order valence-corrected chi connectivity index (χ2v) is 8.96. The number of fused-ring (bicyclic) bond motifs is 1. The predicted octanol–water partition coefficient (Wildman–Crippen LogP) is 5.15. The van der Waals surface area contributed by atoms with Crippen molar-refractivity contribution < 1.29 is 9.18 Å². The molecule has 4 aromatic rings. The summed E-state index contributed by atoms with van der Waals surface area (Å²) in [6, 6.07) is 12.1. The highest BCUT2D eigenvalue weighted by Crippen LogP contribution is 2.32. The molecule has 7 nitrogen and oxygen atoms in total. The number of halogens is 2. The molecule has 0 bridgehead atoms. The van der Waals surface area contributed by atoms with Gasteiger partial charge in [-0.2, -0.15) is 0 Å². The number of carbonyl (C=O) groups excluding carboxylic acids is 1. The van der Waals surface area contributed by atoms with Gasteiger partial charge in [0.15, 0.2) is 0 Å². The molecule has 1 amide bonds. The number of anilines is 2. The topological polar surface area (TPSA) is 109 Å². The molecule has 5 rings (SSSR count). The van der Waals surface area contributed by atoms with Crippen LogP contribution in [0.1, 0.15) is 36.0 Å². The molecule has 1 aliphatic rings. The van der Waals surface area contributed by atoms with Gasteiger partial charge in [-0.25, -0.2) is 14.4 Å². The number of carbonyl (C=O) groups is 1. The van der Waals surface area contributed by atoms with Gasteiger partial charge in [-0.15, -0.1) is 0 Å². The molecule has 1 saturated carbocycles. The number of H-pyrrole nitrogens is 1. The maximum Gasteiger partial charge on any atom is 0.251 e. The summed E-state index contributed by atoms with van der Waals surface area (Å²) in [6.45, 7) is 0. The van der Waals surface area contributed by atoms with Crippen LogP contribution in [0.3, 0.4) is 0 Å². The highest BCUT2D eigenvalue weighted by atomic mass is 35.5. The number of nitrogens with zero attached hydrogens (tertiary/aromatic N) is 2. The molecule has 1 aliphatic carbocycles. The second kappa shape index (κ2) is 9.30. The van der Waals surface area contributed by atoms with Crippen LogP contribution < -0.4 is 16.4 Å². The van der Waals surface area contributed by atoms with Gasteiger partial charge in [0.1, 0.15) is 5.82 Å². The van der Waals surface area contributed by atoms with E-state index in [0.717, 1.165) is 41.8 Å². The highest BCUT2D eigenvalue weighted by molar-refractivity contribution is 6.33. The van der Waals surface area contributed by atoms with Gasteiger partial charge in [0.05, 0.1) is 22.6 Å². The average Bonchev–Trinajstić information content (AvgIpc) is 3.26. The van der Waals surface area contributed by atoms with Gasteiger partial charge in [-0.05, 0) is 49.9 Å². The Morgan fingerprint density at radius 3 is 2.85 bits per heavy atom. The van der Waals surface area contributed by atoms with Crippen molar-refractivity contribution >= 4 is 40.0 Å². The summed E-state index contributed by atoms with van der Waals surface area (Å²) in [4.78, 5) is 24.9. The van der Waals surface area contributed by atoms with Gasteiger partial charge in [0.2, 0.25) is 5.95 Å². The Balaban J connectivity index is 1.28. The monoisotopic (exact) mass is 478 g/mol. The number of hydrogen-bond acceptors (Lipinski definition) is 5. The van der Waals surface area contributed by atoms with E-state index in [0.29, 0.717) is 23.1 Å². The van der Waals surface area contributed by atoms with Crippen LogP contribution in [-0.2, 0) is 0 Å². The molecule has 0 unspecified atom stereocenters. The second-order valence-electron chi connectivity index (χ2n) is 8.55. The van der Waals surface area contributed by atoms with E-state index < -0.39 is 5.82 Å². The number of aromatic amines is 1. The van der Waals surface area contributed by atoms with E-state index in [-0.39, 0.29) is 29.2 Å². The van der Waals surface area contributed by atoms with Gasteiger partial charge in [0, 0.05) is 40.3 Å². The number of aromatic nitrogens is 3. The van der Waals surface area contributed by atoms with Gasteiger partial charge in [-0.1, -0.05) is 29.8 Å². The summed E-state index contributed by atoms with van der Waals surface area (Å²) in [6.07, 6.45) is 6.92. The lowest BCUT2D eigenvalue weighted by molar-refractivity contribution is 0.0926. The minimum atomic E-state index is -0.596. The van der Waals surface area contributed by atoms with Crippen LogP contribution in [-0.4, -0.2) is 32.9 Å². The van der Waals surface area contributed by atoms with Crippen molar-refractivity contribution in [3.63, 3.8) is 0 Å². The number of nitrogens with two attached hydrogens (primary N) is 1. The van der Waals surface area contributed by atoms with Crippen LogP contribution in [0.2, 0.25) is 5.02 Å². The Morgan fingerprint density at radius 2 is 2.00 bits per heavy atom. The van der Waals surface area contributed by atoms with E-state index in [1.807, 2.05) is 30.5 Å². The van der Waals surface area contributed by atoms with Crippen LogP contribution >= 0.6 is 11.6 Å². The number of nitrogens with one attached hydrogen (secondary N) is 3. The van der Waals surface area contributed by atoms with Gasteiger partial charge >= 0.3 is 0 Å². The molecule has 34 heavy (non-hydrogen) atoms. The summed E-state index contributed by atoms with van der Waals surface area (Å²) in [5.74, 6) is -0.419. The Morgan fingerprint density at radius 1 is 1.18 bits per heavy atom. The van der Waals surface area contributed by atoms with Crippen molar-refractivity contribution in [1.29, 1.82) is 0 Å². The van der Waals surface area contributed by atoms with Crippen LogP contribution in [0.25, 0.3) is 22.2 Å². The number of hydrogen-bond donors (Lipinski definition) is 4. The lowest BCUT2D eigenvalue weighted by Crippen LogP contribution is -2.42. The van der Waals surface area contributed by atoms with E-state index in [1.165, 1.54) is 12.1 Å². The first-order chi connectivity index (χ1) is 16.5. The van der Waals surface area contributed by atoms with Crippen molar-refractivity contribution in [2.24, 2.45) is 0 Å². The normalized spacial score (nSPS) is 18.1. The quantitative estimate of drug-likeness (QED) is 0.296. The lowest BCUT2D eigenvalue weighted by atomic mass is 9.91. The molecular formula is C25H24ClFN6O. The van der Waals surface area contributed by atoms with Crippen LogP contribution in [0.15, 0.2) is 54.9 Å². The van der Waals surface area contributed by atoms with E-state index in [9.17, 15) is 9.18 Å². The number of para-hydroxylation sites is 1. The summed E-state index contributed by atoms with van der Waals surface area (Å²) in [5, 5.41) is 7.92. The Bertz CT molecular complexity index is 1360. The molecule has 0 aliphatic heterocycles. The predicted molar refractivity (Wildman–Crippen MR) is 132 cm³/mol. The van der Waals surface area contributed by atoms with Crippen LogP contribution in [0, 0.1) is 5.82 Å². The third-order valence-electron chi connectivity index (χ3n) is 6.19. The summed E-state index contributed by atoms with van der Waals surface area (Å²) in [5.41, 5.74) is 8.36. The fourth-order valence-corrected chi connectivity index (χ4v) is 4.66. The molecule has 5 N–H and O–H groups in total. The van der Waals surface area contributed by atoms with Crippen LogP contribution in [0.5, 0.6) is 0 Å². The molecule has 2 aromatic heterocycles. The Hall–Kier alpha value is -3.65. The zero-order valence-electron chi connectivity index (χ0n) is 18.3. The third kappa shape index (κ3) is 4.54. The van der Waals surface area contributed by atoms with Crippen molar-refractivity contribution in [3.05, 3.63) is 71.3 Å². The minimum absolute atomic E-state index is 0.0217. The first kappa shape index (κ1) is 22.2. The van der Waals surface area contributed by atoms with Gasteiger partial charge in [-0.3, -0.25) is 4.79 Å². The first-order valence-electron chi connectivity index (χ1n) is 11.2. The molecule has 9 heteroatoms. The molecule has 174 valence electrons. The number of amides is 1. The van der Waals surface area contributed by atoms with Crippen molar-refractivity contribution in [1.82, 2.24) is 20.3 Å². The lowest BCUT2D eigenvalue weighted by Gasteiger charge is -2.30. The Labute approximate surface area is 200 Å². The maximum absolute atomic E-state index is 13.7. The molecule has 0 radical (unpaired) electrons. The van der Waals surface area contributed by atoms with Crippen molar-refractivity contribution in [2.75, 3.05) is 11.1 Å². The molecule has 2 aromatic carbocycles. The summed E-state index contributed by atoms with van der Waals surface area (Å²) < 4.78 is 13.7. The van der Waals surface area contributed by atoms with E-state index in [4.69, 9.17) is 22.3 Å². The fraction of sp³-hybridized carbons (Fsp3) is 0.240. The molecule has 1 fully saturated rings. The molecule has 2 atom stereocenters. The van der Waals surface area contributed by atoms with Crippen molar-refractivity contribution in [3.8, 4) is 11.3 Å². The largest absolute Gasteiger partial charge is 0.396 e. The van der Waals surface area contributed by atoms with E-state index in [2.05, 4.69) is 20.6 Å². The number of nitrogen functional groups attached to an aromatic ring is 1. The molecule has 0 spiro atoms. The van der Waals surface area contributed by atoms with Crippen molar-refractivity contribution in [2.45, 2.75) is 37.8 Å². The fourth-order valence-electron chi connectivity index (χ4n) is 4.46. The van der Waals surface area contributed by atoms with E-state index in [1.54, 1.807) is 6.20 Å². The summed E-state index contributed by atoms with van der Waals surface area (Å²) in [7, 11) is 0. The standard InChI is InChI=1S/C25H24ClFN6O/c26-19-13-30-25(33-23(19)18-12-29-22-7-2-1-6-17(18)22)32-16-5-3-4-15(11-16)31-24(34)14-8-9-21(28)20(27)10-14/h1-2,6-10,12-13,15-16,29H,3-5,11,28H2,(H,31,34)(H,30,32,33)/t15-,16+/m0/s1. The zero-order chi connectivity index (χ0) is 23.7. The molecule has 2 heterocycles. The molecule has 0 saturated heterocycles. The van der Waals surface area contributed by atoms with E-state index >= 15 is 0 Å². The third-order valence-corrected chi connectivity index (χ3v) is 6.47. The highest BCUT2D eigenvalue weighted by Gasteiger charge is 2.25. The number of benzene rings is 2. The summed E-state index contributed by atoms with van der Waals surface area (Å²) >= 11 is 6.44. The zero-order valence-corrected chi connectivity index (χ0v) is 19.1. The average molecular weight is 479 g/mol. The first-order valence-corrected chi connectivity index (χ1v) is 11.6. The maximum atomic E-state index is 13.7. The van der Waals surface area contributed by atoms with Gasteiger partial charge < -0.3 is 21.4 Å². The smallest absolute Gasteiger partial charge is 0.251 e.